The van der Waals surface area contributed by atoms with E-state index in [0.29, 0.717) is 30.6 Å². The molecule has 1 unspecified atom stereocenters. The fourth-order valence-electron chi connectivity index (χ4n) is 3.03. The molecule has 1 amide bonds. The molecule has 1 fully saturated rings. The van der Waals surface area contributed by atoms with Gasteiger partial charge in [-0.05, 0) is 18.9 Å². The normalized spacial score (nSPS) is 17.2. The molecule has 0 spiro atoms. The predicted octanol–water partition coefficient (Wildman–Crippen LogP) is 3.44. The first-order valence-corrected chi connectivity index (χ1v) is 10.4. The van der Waals surface area contributed by atoms with Crippen LogP contribution in [0.15, 0.2) is 24.3 Å². The lowest BCUT2D eigenvalue weighted by atomic mass is 10.2. The number of hydrogen-bond donors (Lipinski definition) is 0. The van der Waals surface area contributed by atoms with Gasteiger partial charge in [0.15, 0.2) is 0 Å². The van der Waals surface area contributed by atoms with Gasteiger partial charge in [0.05, 0.1) is 19.7 Å². The third-order valence-electron chi connectivity index (χ3n) is 4.02. The Kier molecular flexibility index (Phi) is 8.25. The van der Waals surface area contributed by atoms with Crippen molar-refractivity contribution in [2.24, 2.45) is 5.92 Å². The van der Waals surface area contributed by atoms with Crippen LogP contribution in [0.2, 0.25) is 5.02 Å². The minimum atomic E-state index is -0.292. The summed E-state index contributed by atoms with van der Waals surface area (Å²) in [5.74, 6) is 0.956. The van der Waals surface area contributed by atoms with Crippen molar-refractivity contribution in [2.75, 3.05) is 38.5 Å². The van der Waals surface area contributed by atoms with Gasteiger partial charge >= 0.3 is 5.97 Å². The molecule has 0 N–H and O–H groups in total. The molecule has 0 aliphatic carbocycles. The Morgan fingerprint density at radius 2 is 2.08 bits per heavy atom. The maximum absolute atomic E-state index is 12.9. The van der Waals surface area contributed by atoms with Crippen molar-refractivity contribution in [1.29, 1.82) is 0 Å². The molecule has 0 aromatic heterocycles. The standard InChI is InChI=1S/C19H27ClN2O3S/c1-4-25-18(24)13-21(11-14(2)3)12-17(23)22-9-10-26-19(22)15-7-5-6-8-16(15)20/h5-8,14,19H,4,9-13H2,1-3H3. The molecule has 1 atom stereocenters. The molecule has 1 aromatic rings. The lowest BCUT2D eigenvalue weighted by Crippen LogP contribution is -2.43. The summed E-state index contributed by atoms with van der Waals surface area (Å²) in [6.07, 6.45) is 0. The fourth-order valence-corrected chi connectivity index (χ4v) is 4.65. The zero-order valence-electron chi connectivity index (χ0n) is 15.6. The van der Waals surface area contributed by atoms with Crippen LogP contribution in [0.1, 0.15) is 31.7 Å². The van der Waals surface area contributed by atoms with Crippen LogP contribution in [0, 0.1) is 5.92 Å². The van der Waals surface area contributed by atoms with E-state index in [1.54, 1.807) is 18.7 Å². The number of thioether (sulfide) groups is 1. The average Bonchev–Trinajstić information content (AvgIpc) is 3.04. The van der Waals surface area contributed by atoms with Gasteiger partial charge in [0.1, 0.15) is 5.37 Å². The van der Waals surface area contributed by atoms with Crippen LogP contribution < -0.4 is 0 Å². The fraction of sp³-hybridized carbons (Fsp3) is 0.579. The average molecular weight is 399 g/mol. The van der Waals surface area contributed by atoms with E-state index in [1.807, 2.05) is 34.1 Å². The first-order valence-electron chi connectivity index (χ1n) is 8.95. The number of benzene rings is 1. The van der Waals surface area contributed by atoms with Crippen molar-refractivity contribution in [3.05, 3.63) is 34.9 Å². The third kappa shape index (κ3) is 5.89. The minimum Gasteiger partial charge on any atom is -0.465 e. The summed E-state index contributed by atoms with van der Waals surface area (Å²) in [4.78, 5) is 28.5. The highest BCUT2D eigenvalue weighted by Gasteiger charge is 2.32. The van der Waals surface area contributed by atoms with Gasteiger partial charge < -0.3 is 9.64 Å². The monoisotopic (exact) mass is 398 g/mol. The number of amides is 1. The maximum Gasteiger partial charge on any atom is 0.320 e. The predicted molar refractivity (Wildman–Crippen MR) is 106 cm³/mol. The Morgan fingerprint density at radius 3 is 2.73 bits per heavy atom. The summed E-state index contributed by atoms with van der Waals surface area (Å²) in [5.41, 5.74) is 0.964. The van der Waals surface area contributed by atoms with Crippen molar-refractivity contribution in [3.8, 4) is 0 Å². The highest BCUT2D eigenvalue weighted by Crippen LogP contribution is 2.40. The number of rotatable bonds is 8. The first-order chi connectivity index (χ1) is 12.4. The topological polar surface area (TPSA) is 49.9 Å². The Labute approximate surface area is 165 Å². The zero-order valence-corrected chi connectivity index (χ0v) is 17.2. The molecule has 1 saturated heterocycles. The molecule has 0 radical (unpaired) electrons. The molecule has 0 saturated carbocycles. The summed E-state index contributed by atoms with van der Waals surface area (Å²) >= 11 is 8.05. The number of carbonyl (C=O) groups excluding carboxylic acids is 2. The van der Waals surface area contributed by atoms with E-state index in [0.717, 1.165) is 11.3 Å². The molecule has 1 aliphatic rings. The van der Waals surface area contributed by atoms with Gasteiger partial charge in [-0.25, -0.2) is 0 Å². The Bertz CT molecular complexity index is 627. The summed E-state index contributed by atoms with van der Waals surface area (Å²) < 4.78 is 5.04. The highest BCUT2D eigenvalue weighted by atomic mass is 35.5. The van der Waals surface area contributed by atoms with Crippen molar-refractivity contribution in [3.63, 3.8) is 0 Å². The quantitative estimate of drug-likeness (QED) is 0.628. The molecular weight excluding hydrogens is 372 g/mol. The number of carbonyl (C=O) groups is 2. The Hall–Kier alpha value is -1.24. The van der Waals surface area contributed by atoms with Crippen LogP contribution in [0.25, 0.3) is 0 Å². The Balaban J connectivity index is 2.07. The van der Waals surface area contributed by atoms with Gasteiger partial charge in [0, 0.05) is 29.4 Å². The molecule has 0 bridgehead atoms. The van der Waals surface area contributed by atoms with Gasteiger partial charge in [-0.15, -0.1) is 11.8 Å². The molecule has 144 valence electrons. The van der Waals surface area contributed by atoms with E-state index in [4.69, 9.17) is 16.3 Å². The van der Waals surface area contributed by atoms with E-state index in [-0.39, 0.29) is 30.3 Å². The summed E-state index contributed by atoms with van der Waals surface area (Å²) in [6.45, 7) is 7.97. The van der Waals surface area contributed by atoms with Crippen molar-refractivity contribution >= 4 is 35.2 Å². The SMILES string of the molecule is CCOC(=O)CN(CC(=O)N1CCSC1c1ccccc1Cl)CC(C)C. The smallest absolute Gasteiger partial charge is 0.320 e. The van der Waals surface area contributed by atoms with Crippen molar-refractivity contribution < 1.29 is 14.3 Å². The van der Waals surface area contributed by atoms with Crippen molar-refractivity contribution in [2.45, 2.75) is 26.1 Å². The van der Waals surface area contributed by atoms with E-state index < -0.39 is 0 Å². The largest absolute Gasteiger partial charge is 0.465 e. The number of halogens is 1. The molecule has 1 aliphatic heterocycles. The first kappa shape index (κ1) is 21.1. The molecular formula is C19H27ClN2O3S. The van der Waals surface area contributed by atoms with Crippen molar-refractivity contribution in [1.82, 2.24) is 9.80 Å². The van der Waals surface area contributed by atoms with Crippen LogP contribution in [0.3, 0.4) is 0 Å². The van der Waals surface area contributed by atoms with Gasteiger partial charge in [-0.3, -0.25) is 14.5 Å². The van der Waals surface area contributed by atoms with Gasteiger partial charge in [0.25, 0.3) is 0 Å². The highest BCUT2D eigenvalue weighted by molar-refractivity contribution is 7.99. The number of nitrogens with zero attached hydrogens (tertiary/aromatic N) is 2. The molecule has 1 heterocycles. The van der Waals surface area contributed by atoms with Crippen LogP contribution in [-0.2, 0) is 14.3 Å². The van der Waals surface area contributed by atoms with E-state index in [1.165, 1.54) is 0 Å². The maximum atomic E-state index is 12.9. The van der Waals surface area contributed by atoms with E-state index in [2.05, 4.69) is 13.8 Å². The zero-order chi connectivity index (χ0) is 19.1. The second-order valence-electron chi connectivity index (χ2n) is 6.70. The Morgan fingerprint density at radius 1 is 1.35 bits per heavy atom. The lowest BCUT2D eigenvalue weighted by Gasteiger charge is -2.29. The molecule has 2 rings (SSSR count). The lowest BCUT2D eigenvalue weighted by molar-refractivity contribution is -0.145. The number of hydrogen-bond acceptors (Lipinski definition) is 5. The molecule has 5 nitrogen and oxygen atoms in total. The van der Waals surface area contributed by atoms with Gasteiger partial charge in [-0.2, -0.15) is 0 Å². The van der Waals surface area contributed by atoms with E-state index in [9.17, 15) is 9.59 Å². The summed E-state index contributed by atoms with van der Waals surface area (Å²) in [5, 5.41) is 0.606. The molecule has 7 heteroatoms. The van der Waals surface area contributed by atoms with Crippen LogP contribution >= 0.6 is 23.4 Å². The van der Waals surface area contributed by atoms with E-state index >= 15 is 0 Å². The third-order valence-corrected chi connectivity index (χ3v) is 5.61. The summed E-state index contributed by atoms with van der Waals surface area (Å²) in [7, 11) is 0. The number of ether oxygens (including phenoxy) is 1. The molecule has 1 aromatic carbocycles. The van der Waals surface area contributed by atoms with Crippen LogP contribution in [-0.4, -0.2) is 60.2 Å². The van der Waals surface area contributed by atoms with Crippen LogP contribution in [0.4, 0.5) is 0 Å². The number of esters is 1. The van der Waals surface area contributed by atoms with Gasteiger partial charge in [0.2, 0.25) is 5.91 Å². The minimum absolute atomic E-state index is 0.0184. The summed E-state index contributed by atoms with van der Waals surface area (Å²) in [6, 6.07) is 7.65. The molecule has 26 heavy (non-hydrogen) atoms. The second kappa shape index (κ2) is 10.2. The second-order valence-corrected chi connectivity index (χ2v) is 8.30. The van der Waals surface area contributed by atoms with Gasteiger partial charge in [-0.1, -0.05) is 43.6 Å². The van der Waals surface area contributed by atoms with Crippen LogP contribution in [0.5, 0.6) is 0 Å².